The van der Waals surface area contributed by atoms with Gasteiger partial charge in [-0.25, -0.2) is 4.79 Å². The third-order valence-electron chi connectivity index (χ3n) is 1.91. The molecule has 0 aromatic carbocycles. The number of carbonyl (C=O) groups is 1. The van der Waals surface area contributed by atoms with E-state index in [-0.39, 0.29) is 0 Å². The van der Waals surface area contributed by atoms with Crippen LogP contribution in [0.5, 0.6) is 0 Å². The van der Waals surface area contributed by atoms with Crippen LogP contribution in [0.4, 0.5) is 4.79 Å². The molecule has 3 heteroatoms. The molecule has 1 aliphatic rings. The number of rotatable bonds is 1. The van der Waals surface area contributed by atoms with Crippen molar-refractivity contribution >= 4 is 6.16 Å². The van der Waals surface area contributed by atoms with Crippen molar-refractivity contribution in [3.05, 3.63) is 18.4 Å². The van der Waals surface area contributed by atoms with Gasteiger partial charge in [0.15, 0.2) is 0 Å². The fourth-order valence-corrected chi connectivity index (χ4v) is 0.935. The quantitative estimate of drug-likeness (QED) is 0.594. The first kappa shape index (κ1) is 10.8. The lowest BCUT2D eigenvalue weighted by atomic mass is 10.1. The molecule has 1 saturated carbocycles. The molecular formula is C9H14O3. The van der Waals surface area contributed by atoms with Gasteiger partial charge in [-0.15, -0.1) is 5.73 Å². The second-order valence-electron chi connectivity index (χ2n) is 3.45. The largest absolute Gasteiger partial charge is 0.503 e. The van der Waals surface area contributed by atoms with E-state index in [4.69, 9.17) is 15.0 Å². The van der Waals surface area contributed by atoms with Gasteiger partial charge < -0.3 is 10.2 Å². The minimum absolute atomic E-state index is 0.560. The van der Waals surface area contributed by atoms with Crippen molar-refractivity contribution in [2.45, 2.75) is 20.3 Å². The SMILES string of the molecule is C=C=C[C@H]1CC1(C)C.O=C(O)O. The first-order valence-electron chi connectivity index (χ1n) is 3.68. The summed E-state index contributed by atoms with van der Waals surface area (Å²) in [7, 11) is 0. The summed E-state index contributed by atoms with van der Waals surface area (Å²) in [6.45, 7) is 8.06. The number of allylic oxidation sites excluding steroid dienone is 1. The first-order valence-corrected chi connectivity index (χ1v) is 3.68. The molecule has 0 heterocycles. The lowest BCUT2D eigenvalue weighted by Gasteiger charge is -1.92. The summed E-state index contributed by atoms with van der Waals surface area (Å²) >= 11 is 0. The molecule has 0 amide bonds. The summed E-state index contributed by atoms with van der Waals surface area (Å²) in [4.78, 5) is 8.56. The Bertz CT molecular complexity index is 208. The van der Waals surface area contributed by atoms with Gasteiger partial charge in [-0.2, -0.15) is 0 Å². The fraction of sp³-hybridized carbons (Fsp3) is 0.556. The monoisotopic (exact) mass is 170 g/mol. The van der Waals surface area contributed by atoms with E-state index in [0.717, 1.165) is 5.92 Å². The summed E-state index contributed by atoms with van der Waals surface area (Å²) in [6, 6.07) is 0. The zero-order chi connectivity index (χ0) is 9.78. The molecule has 2 N–H and O–H groups in total. The van der Waals surface area contributed by atoms with Gasteiger partial charge >= 0.3 is 6.16 Å². The maximum atomic E-state index is 8.56. The average molecular weight is 170 g/mol. The van der Waals surface area contributed by atoms with Crippen LogP contribution in [0.1, 0.15) is 20.3 Å². The highest BCUT2D eigenvalue weighted by atomic mass is 16.6. The molecule has 0 aromatic rings. The average Bonchev–Trinajstić information content (AvgIpc) is 2.38. The molecule has 3 nitrogen and oxygen atoms in total. The zero-order valence-electron chi connectivity index (χ0n) is 7.37. The molecule has 0 bridgehead atoms. The van der Waals surface area contributed by atoms with E-state index < -0.39 is 6.16 Å². The van der Waals surface area contributed by atoms with Crippen molar-refractivity contribution in [1.29, 1.82) is 0 Å². The third kappa shape index (κ3) is 4.58. The van der Waals surface area contributed by atoms with E-state index in [0.29, 0.717) is 5.41 Å². The Labute approximate surface area is 72.0 Å². The molecule has 1 atom stereocenters. The molecular weight excluding hydrogens is 156 g/mol. The number of hydrogen-bond donors (Lipinski definition) is 2. The van der Waals surface area contributed by atoms with Gasteiger partial charge in [-0.1, -0.05) is 20.4 Å². The summed E-state index contributed by atoms with van der Waals surface area (Å²) in [5.41, 5.74) is 3.37. The lowest BCUT2D eigenvalue weighted by Crippen LogP contribution is -1.84. The van der Waals surface area contributed by atoms with Crippen molar-refractivity contribution in [3.63, 3.8) is 0 Å². The summed E-state index contributed by atoms with van der Waals surface area (Å²) in [5.74, 6) is 0.764. The fourth-order valence-electron chi connectivity index (χ4n) is 0.935. The maximum Gasteiger partial charge on any atom is 0.503 e. The molecule has 0 saturated heterocycles. The van der Waals surface area contributed by atoms with Crippen molar-refractivity contribution in [1.82, 2.24) is 0 Å². The molecule has 0 spiro atoms. The third-order valence-corrected chi connectivity index (χ3v) is 1.91. The van der Waals surface area contributed by atoms with Crippen LogP contribution < -0.4 is 0 Å². The van der Waals surface area contributed by atoms with Crippen LogP contribution in [-0.4, -0.2) is 16.4 Å². The van der Waals surface area contributed by atoms with Crippen LogP contribution >= 0.6 is 0 Å². The molecule has 1 aliphatic carbocycles. The van der Waals surface area contributed by atoms with E-state index >= 15 is 0 Å². The molecule has 0 aliphatic heterocycles. The van der Waals surface area contributed by atoms with Crippen molar-refractivity contribution in [3.8, 4) is 0 Å². The van der Waals surface area contributed by atoms with Gasteiger partial charge in [-0.05, 0) is 23.8 Å². The van der Waals surface area contributed by atoms with Gasteiger partial charge in [0, 0.05) is 0 Å². The summed E-state index contributed by atoms with van der Waals surface area (Å²) in [6.07, 6.45) is 1.55. The van der Waals surface area contributed by atoms with Crippen molar-refractivity contribution < 1.29 is 15.0 Å². The molecule has 0 unspecified atom stereocenters. The minimum atomic E-state index is -1.83. The van der Waals surface area contributed by atoms with Gasteiger partial charge in [0.1, 0.15) is 0 Å². The van der Waals surface area contributed by atoms with Crippen LogP contribution in [0.25, 0.3) is 0 Å². The van der Waals surface area contributed by atoms with Crippen molar-refractivity contribution in [2.75, 3.05) is 0 Å². The highest BCUT2D eigenvalue weighted by Gasteiger charge is 2.43. The van der Waals surface area contributed by atoms with E-state index in [1.807, 2.05) is 0 Å². The van der Waals surface area contributed by atoms with E-state index in [9.17, 15) is 0 Å². The van der Waals surface area contributed by atoms with Gasteiger partial charge in [0.2, 0.25) is 0 Å². The maximum absolute atomic E-state index is 8.56. The van der Waals surface area contributed by atoms with Crippen LogP contribution in [-0.2, 0) is 0 Å². The first-order chi connectivity index (χ1) is 5.40. The lowest BCUT2D eigenvalue weighted by molar-refractivity contribution is 0.137. The smallest absolute Gasteiger partial charge is 0.450 e. The normalized spacial score (nSPS) is 22.7. The zero-order valence-corrected chi connectivity index (χ0v) is 7.37. The Kier molecular flexibility index (Phi) is 3.58. The standard InChI is InChI=1S/C8H12.CH2O3/c1-4-5-7-6-8(7,2)3;2-1(3)4/h5,7H,1,6H2,2-3H3;(H2,2,3,4)/t7-;/m0./s1. The highest BCUT2D eigenvalue weighted by molar-refractivity contribution is 5.53. The molecule has 0 aromatic heterocycles. The molecule has 68 valence electrons. The Morgan fingerprint density at radius 1 is 1.67 bits per heavy atom. The van der Waals surface area contributed by atoms with Gasteiger partial charge in [-0.3, -0.25) is 0 Å². The van der Waals surface area contributed by atoms with Crippen LogP contribution in [0.2, 0.25) is 0 Å². The topological polar surface area (TPSA) is 57.5 Å². The van der Waals surface area contributed by atoms with E-state index in [1.54, 1.807) is 0 Å². The summed E-state index contributed by atoms with van der Waals surface area (Å²) < 4.78 is 0. The van der Waals surface area contributed by atoms with Crippen LogP contribution in [0.15, 0.2) is 18.4 Å². The van der Waals surface area contributed by atoms with E-state index in [2.05, 4.69) is 32.2 Å². The van der Waals surface area contributed by atoms with Crippen LogP contribution in [0.3, 0.4) is 0 Å². The predicted molar refractivity (Wildman–Crippen MR) is 46.3 cm³/mol. The predicted octanol–water partition coefficient (Wildman–Crippen LogP) is 2.60. The summed E-state index contributed by atoms with van der Waals surface area (Å²) in [5, 5.41) is 13.9. The molecule has 12 heavy (non-hydrogen) atoms. The number of carboxylic acid groups (broad SMARTS) is 2. The minimum Gasteiger partial charge on any atom is -0.450 e. The van der Waals surface area contributed by atoms with E-state index in [1.165, 1.54) is 6.42 Å². The van der Waals surface area contributed by atoms with Gasteiger partial charge in [0.25, 0.3) is 0 Å². The Balaban J connectivity index is 0.000000261. The number of hydrogen-bond acceptors (Lipinski definition) is 1. The Hall–Kier alpha value is -1.21. The van der Waals surface area contributed by atoms with Crippen molar-refractivity contribution in [2.24, 2.45) is 11.3 Å². The molecule has 1 rings (SSSR count). The second kappa shape index (κ2) is 3.98. The second-order valence-corrected chi connectivity index (χ2v) is 3.45. The van der Waals surface area contributed by atoms with Crippen LogP contribution in [0, 0.1) is 11.3 Å². The molecule has 1 fully saturated rings. The molecule has 0 radical (unpaired) electrons. The van der Waals surface area contributed by atoms with Gasteiger partial charge in [0.05, 0.1) is 0 Å². The Morgan fingerprint density at radius 2 is 2.00 bits per heavy atom. The highest BCUT2D eigenvalue weighted by Crippen LogP contribution is 2.52. The Morgan fingerprint density at radius 3 is 2.08 bits per heavy atom.